The summed E-state index contributed by atoms with van der Waals surface area (Å²) in [6.07, 6.45) is 1.74. The molecule has 0 aromatic rings. The van der Waals surface area contributed by atoms with Crippen molar-refractivity contribution in [1.82, 2.24) is 5.32 Å². The first-order valence-corrected chi connectivity index (χ1v) is 4.08. The molecule has 0 aliphatic carbocycles. The molecular weight excluding hydrogens is 154 g/mol. The molecule has 0 saturated carbocycles. The number of hydrogen-bond acceptors (Lipinski definition) is 2. The highest BCUT2D eigenvalue weighted by Crippen LogP contribution is 2.05. The summed E-state index contributed by atoms with van der Waals surface area (Å²) in [6, 6.07) is 0.140. The van der Waals surface area contributed by atoms with Gasteiger partial charge in [0.25, 0.3) is 0 Å². The molecule has 3 nitrogen and oxygen atoms in total. The quantitative estimate of drug-likeness (QED) is 0.626. The Morgan fingerprint density at radius 2 is 2.00 bits per heavy atom. The number of carboxylic acids is 1. The number of rotatable bonds is 4. The number of likely N-dealkylation sites (N-methyl/N-ethyl adjacent to an activating group) is 1. The second-order valence-electron chi connectivity index (χ2n) is 3.21. The lowest BCUT2D eigenvalue weighted by Crippen LogP contribution is -2.29. The van der Waals surface area contributed by atoms with E-state index < -0.39 is 5.97 Å². The average molecular weight is 171 g/mol. The van der Waals surface area contributed by atoms with Crippen molar-refractivity contribution in [3.8, 4) is 0 Å². The Bertz CT molecular complexity index is 185. The number of nitrogens with one attached hydrogen (secondary N) is 1. The van der Waals surface area contributed by atoms with Crippen LogP contribution in [0.2, 0.25) is 0 Å². The minimum atomic E-state index is -0.851. The molecule has 1 unspecified atom stereocenters. The maximum atomic E-state index is 10.5. The molecule has 0 spiro atoms. The van der Waals surface area contributed by atoms with Gasteiger partial charge in [-0.2, -0.15) is 0 Å². The van der Waals surface area contributed by atoms with Crippen LogP contribution in [-0.4, -0.2) is 24.2 Å². The molecule has 0 aliphatic rings. The zero-order chi connectivity index (χ0) is 9.72. The van der Waals surface area contributed by atoms with Gasteiger partial charge in [0, 0.05) is 11.6 Å². The van der Waals surface area contributed by atoms with Crippen molar-refractivity contribution in [3.05, 3.63) is 11.6 Å². The van der Waals surface area contributed by atoms with E-state index in [2.05, 4.69) is 5.32 Å². The molecule has 0 rings (SSSR count). The van der Waals surface area contributed by atoms with E-state index in [1.165, 1.54) is 0 Å². The highest BCUT2D eigenvalue weighted by molar-refractivity contribution is 5.85. The van der Waals surface area contributed by atoms with E-state index in [9.17, 15) is 4.79 Å². The molecule has 0 aromatic carbocycles. The van der Waals surface area contributed by atoms with Crippen molar-refractivity contribution in [3.63, 3.8) is 0 Å². The number of carboxylic acid groups (broad SMARTS) is 1. The van der Waals surface area contributed by atoms with Crippen LogP contribution in [0.4, 0.5) is 0 Å². The minimum absolute atomic E-state index is 0.140. The van der Waals surface area contributed by atoms with Crippen molar-refractivity contribution < 1.29 is 9.90 Å². The second kappa shape index (κ2) is 4.93. The molecule has 2 N–H and O–H groups in total. The van der Waals surface area contributed by atoms with E-state index in [4.69, 9.17) is 5.11 Å². The summed E-state index contributed by atoms with van der Waals surface area (Å²) in [6.45, 7) is 5.70. The molecule has 0 heterocycles. The van der Waals surface area contributed by atoms with Crippen molar-refractivity contribution in [2.45, 2.75) is 26.8 Å². The molecule has 0 fully saturated rings. The fourth-order valence-corrected chi connectivity index (χ4v) is 0.950. The van der Waals surface area contributed by atoms with Gasteiger partial charge >= 0.3 is 5.97 Å². The predicted octanol–water partition coefficient (Wildman–Crippen LogP) is 1.26. The molecule has 70 valence electrons. The number of carbonyl (C=O) groups is 1. The Kier molecular flexibility index (Phi) is 4.59. The van der Waals surface area contributed by atoms with Gasteiger partial charge in [-0.1, -0.05) is 19.9 Å². The second-order valence-corrected chi connectivity index (χ2v) is 3.21. The van der Waals surface area contributed by atoms with Crippen LogP contribution in [0.3, 0.4) is 0 Å². The first-order valence-electron chi connectivity index (χ1n) is 4.08. The third-order valence-electron chi connectivity index (χ3n) is 1.82. The molecule has 3 heteroatoms. The van der Waals surface area contributed by atoms with Crippen LogP contribution in [0, 0.1) is 5.92 Å². The van der Waals surface area contributed by atoms with Crippen molar-refractivity contribution >= 4 is 5.97 Å². The van der Waals surface area contributed by atoms with E-state index in [1.807, 2.05) is 20.9 Å². The zero-order valence-electron chi connectivity index (χ0n) is 8.09. The van der Waals surface area contributed by atoms with Gasteiger partial charge in [0.2, 0.25) is 0 Å². The summed E-state index contributed by atoms with van der Waals surface area (Å²) in [5.41, 5.74) is 0.392. The monoisotopic (exact) mass is 171 g/mol. The van der Waals surface area contributed by atoms with Gasteiger partial charge in [-0.05, 0) is 19.9 Å². The third-order valence-corrected chi connectivity index (χ3v) is 1.82. The minimum Gasteiger partial charge on any atom is -0.478 e. The van der Waals surface area contributed by atoms with Crippen LogP contribution in [0.1, 0.15) is 20.8 Å². The lowest BCUT2D eigenvalue weighted by atomic mass is 10.0. The van der Waals surface area contributed by atoms with Crippen LogP contribution in [-0.2, 0) is 4.79 Å². The molecule has 0 bridgehead atoms. The average Bonchev–Trinajstić information content (AvgIpc) is 1.98. The molecule has 0 aromatic heterocycles. The SMILES string of the molecule is CNC(/C=C(\C)C(=O)O)C(C)C. The zero-order valence-corrected chi connectivity index (χ0v) is 8.09. The van der Waals surface area contributed by atoms with Gasteiger partial charge in [0.15, 0.2) is 0 Å². The van der Waals surface area contributed by atoms with E-state index in [0.29, 0.717) is 11.5 Å². The predicted molar refractivity (Wildman–Crippen MR) is 49.1 cm³/mol. The van der Waals surface area contributed by atoms with E-state index in [0.717, 1.165) is 0 Å². The van der Waals surface area contributed by atoms with Gasteiger partial charge in [-0.25, -0.2) is 4.79 Å². The van der Waals surface area contributed by atoms with Crippen molar-refractivity contribution in [2.75, 3.05) is 7.05 Å². The normalized spacial score (nSPS) is 14.9. The van der Waals surface area contributed by atoms with E-state index in [-0.39, 0.29) is 6.04 Å². The Morgan fingerprint density at radius 3 is 2.25 bits per heavy atom. The Morgan fingerprint density at radius 1 is 1.50 bits per heavy atom. The lowest BCUT2D eigenvalue weighted by Gasteiger charge is -2.16. The Balaban J connectivity index is 4.35. The molecule has 0 radical (unpaired) electrons. The molecule has 0 aliphatic heterocycles. The molecule has 0 saturated heterocycles. The van der Waals surface area contributed by atoms with Crippen LogP contribution >= 0.6 is 0 Å². The summed E-state index contributed by atoms with van der Waals surface area (Å²) in [5.74, 6) is -0.444. The summed E-state index contributed by atoms with van der Waals surface area (Å²) in [5, 5.41) is 11.7. The topological polar surface area (TPSA) is 49.3 Å². The van der Waals surface area contributed by atoms with Gasteiger partial charge in [0.1, 0.15) is 0 Å². The smallest absolute Gasteiger partial charge is 0.331 e. The largest absolute Gasteiger partial charge is 0.478 e. The van der Waals surface area contributed by atoms with Crippen molar-refractivity contribution in [1.29, 1.82) is 0 Å². The Hall–Kier alpha value is -0.830. The van der Waals surface area contributed by atoms with E-state index >= 15 is 0 Å². The molecule has 12 heavy (non-hydrogen) atoms. The third kappa shape index (κ3) is 3.53. The van der Waals surface area contributed by atoms with Crippen LogP contribution in [0.25, 0.3) is 0 Å². The highest BCUT2D eigenvalue weighted by atomic mass is 16.4. The standard InChI is InChI=1S/C9H17NO2/c1-6(2)8(10-4)5-7(3)9(11)12/h5-6,8,10H,1-4H3,(H,11,12)/b7-5+. The maximum absolute atomic E-state index is 10.5. The molecular formula is C9H17NO2. The van der Waals surface area contributed by atoms with Gasteiger partial charge in [-0.3, -0.25) is 0 Å². The summed E-state index contributed by atoms with van der Waals surface area (Å²) in [7, 11) is 1.83. The fraction of sp³-hybridized carbons (Fsp3) is 0.667. The van der Waals surface area contributed by atoms with Crippen molar-refractivity contribution in [2.24, 2.45) is 5.92 Å². The molecule has 1 atom stereocenters. The first-order chi connectivity index (χ1) is 5.49. The first kappa shape index (κ1) is 11.2. The summed E-state index contributed by atoms with van der Waals surface area (Å²) < 4.78 is 0. The van der Waals surface area contributed by atoms with Crippen LogP contribution in [0.15, 0.2) is 11.6 Å². The number of aliphatic carboxylic acids is 1. The Labute approximate surface area is 73.5 Å². The summed E-state index contributed by atoms with van der Waals surface area (Å²) in [4.78, 5) is 10.5. The summed E-state index contributed by atoms with van der Waals surface area (Å²) >= 11 is 0. The highest BCUT2D eigenvalue weighted by Gasteiger charge is 2.09. The van der Waals surface area contributed by atoms with E-state index in [1.54, 1.807) is 13.0 Å². The maximum Gasteiger partial charge on any atom is 0.331 e. The molecule has 0 amide bonds. The fourth-order valence-electron chi connectivity index (χ4n) is 0.950. The van der Waals surface area contributed by atoms with Gasteiger partial charge < -0.3 is 10.4 Å². The lowest BCUT2D eigenvalue weighted by molar-refractivity contribution is -0.132. The van der Waals surface area contributed by atoms with Gasteiger partial charge in [0.05, 0.1) is 0 Å². The van der Waals surface area contributed by atoms with Crippen LogP contribution < -0.4 is 5.32 Å². The van der Waals surface area contributed by atoms with Gasteiger partial charge in [-0.15, -0.1) is 0 Å². The number of hydrogen-bond donors (Lipinski definition) is 2. The van der Waals surface area contributed by atoms with Crippen LogP contribution in [0.5, 0.6) is 0 Å².